The predicted molar refractivity (Wildman–Crippen MR) is 148 cm³/mol. The molecule has 1 aliphatic carbocycles. The minimum Gasteiger partial charge on any atom is -0.368 e. The molecule has 0 aromatic carbocycles. The van der Waals surface area contributed by atoms with E-state index >= 15 is 0 Å². The van der Waals surface area contributed by atoms with Crippen LogP contribution in [0, 0.1) is 5.41 Å². The van der Waals surface area contributed by atoms with E-state index in [9.17, 15) is 35.9 Å². The highest BCUT2D eigenvalue weighted by Crippen LogP contribution is 2.49. The van der Waals surface area contributed by atoms with Gasteiger partial charge >= 0.3 is 12.4 Å². The Bertz CT molecular complexity index is 1330. The van der Waals surface area contributed by atoms with Gasteiger partial charge in [-0.05, 0) is 24.3 Å². The summed E-state index contributed by atoms with van der Waals surface area (Å²) in [6.07, 6.45) is -6.41. The van der Waals surface area contributed by atoms with Crippen molar-refractivity contribution in [3.63, 3.8) is 0 Å². The van der Waals surface area contributed by atoms with Gasteiger partial charge in [-0.25, -0.2) is 14.6 Å². The first-order valence-electron chi connectivity index (χ1n) is 13.9. The molecule has 10 nitrogen and oxygen atoms in total. The molecule has 1 aliphatic heterocycles. The van der Waals surface area contributed by atoms with Gasteiger partial charge in [0.15, 0.2) is 0 Å². The molecule has 43 heavy (non-hydrogen) atoms. The van der Waals surface area contributed by atoms with Gasteiger partial charge in [0.2, 0.25) is 11.9 Å². The van der Waals surface area contributed by atoms with Crippen LogP contribution in [0.2, 0.25) is 25.7 Å². The second-order valence-electron chi connectivity index (χ2n) is 12.3. The van der Waals surface area contributed by atoms with Crippen LogP contribution < -0.4 is 15.8 Å². The maximum atomic E-state index is 13.6. The quantitative estimate of drug-likeness (QED) is 0.221. The van der Waals surface area contributed by atoms with Gasteiger partial charge in [0.1, 0.15) is 18.1 Å². The lowest BCUT2D eigenvalue weighted by atomic mass is 10.0. The highest BCUT2D eigenvalue weighted by atomic mass is 28.3. The fraction of sp³-hybridized carbons (Fsp3) is 0.654. The number of piperazine rings is 1. The molecule has 2 fully saturated rings. The third kappa shape index (κ3) is 8.90. The lowest BCUT2D eigenvalue weighted by Crippen LogP contribution is -2.49. The first kappa shape index (κ1) is 32.7. The molecular formula is C26H35F6N7O3Si. The van der Waals surface area contributed by atoms with Crippen molar-refractivity contribution in [2.45, 2.75) is 64.0 Å². The van der Waals surface area contributed by atoms with Crippen molar-refractivity contribution in [2.75, 3.05) is 49.5 Å². The van der Waals surface area contributed by atoms with Crippen LogP contribution in [0.25, 0.3) is 0 Å². The average Bonchev–Trinajstić information content (AvgIpc) is 3.69. The molecule has 0 unspecified atom stereocenters. The summed E-state index contributed by atoms with van der Waals surface area (Å²) in [5, 5.41) is 6.94. The van der Waals surface area contributed by atoms with Gasteiger partial charge in [0.05, 0.1) is 5.56 Å². The summed E-state index contributed by atoms with van der Waals surface area (Å²) in [4.78, 5) is 36.5. The van der Waals surface area contributed by atoms with E-state index in [1.54, 1.807) is 9.80 Å². The number of hydrogen-bond acceptors (Lipinski definition) is 8. The lowest BCUT2D eigenvalue weighted by Gasteiger charge is -2.35. The summed E-state index contributed by atoms with van der Waals surface area (Å²) < 4.78 is 85.3. The van der Waals surface area contributed by atoms with Crippen LogP contribution in [0.15, 0.2) is 23.3 Å². The third-order valence-corrected chi connectivity index (χ3v) is 9.20. The van der Waals surface area contributed by atoms with Gasteiger partial charge in [0, 0.05) is 72.3 Å². The molecule has 4 rings (SSSR count). The normalized spacial score (nSPS) is 17.2. The van der Waals surface area contributed by atoms with Crippen LogP contribution in [0.1, 0.15) is 30.4 Å². The Labute approximate surface area is 245 Å². The van der Waals surface area contributed by atoms with Crippen molar-refractivity contribution < 1.29 is 35.9 Å². The van der Waals surface area contributed by atoms with E-state index < -0.39 is 49.3 Å². The zero-order chi connectivity index (χ0) is 31.6. The molecule has 1 amide bonds. The van der Waals surface area contributed by atoms with Crippen LogP contribution in [0.4, 0.5) is 38.1 Å². The number of carbonyl (C=O) groups is 1. The molecule has 3 heterocycles. The van der Waals surface area contributed by atoms with E-state index in [1.807, 2.05) is 0 Å². The zero-order valence-corrected chi connectivity index (χ0v) is 25.2. The van der Waals surface area contributed by atoms with Crippen molar-refractivity contribution in [2.24, 2.45) is 5.41 Å². The average molecular weight is 636 g/mol. The lowest BCUT2D eigenvalue weighted by molar-refractivity contribution is -0.139. The summed E-state index contributed by atoms with van der Waals surface area (Å²) in [5.41, 5.74) is -4.04. The second-order valence-corrected chi connectivity index (χ2v) is 17.9. The molecule has 1 N–H and O–H groups in total. The largest absolute Gasteiger partial charge is 0.421 e. The molecule has 0 radical (unpaired) electrons. The Balaban J connectivity index is 1.33. The number of hydrogen-bond donors (Lipinski definition) is 1. The van der Waals surface area contributed by atoms with Crippen molar-refractivity contribution in [1.82, 2.24) is 24.6 Å². The fourth-order valence-corrected chi connectivity index (χ4v) is 5.30. The molecule has 17 heteroatoms. The Kier molecular flexibility index (Phi) is 9.44. The molecule has 1 saturated heterocycles. The first-order valence-corrected chi connectivity index (χ1v) is 17.6. The third-order valence-electron chi connectivity index (χ3n) is 7.50. The van der Waals surface area contributed by atoms with Crippen molar-refractivity contribution in [1.29, 1.82) is 0 Å². The highest BCUT2D eigenvalue weighted by molar-refractivity contribution is 6.76. The number of rotatable bonds is 11. The fourth-order valence-electron chi connectivity index (χ4n) is 4.54. The summed E-state index contributed by atoms with van der Waals surface area (Å²) >= 11 is 0. The molecule has 0 spiro atoms. The minimum atomic E-state index is -4.88. The summed E-state index contributed by atoms with van der Waals surface area (Å²) in [5.74, 6) is -0.113. The van der Waals surface area contributed by atoms with E-state index in [-0.39, 0.29) is 30.6 Å². The van der Waals surface area contributed by atoms with Crippen LogP contribution in [-0.2, 0) is 28.6 Å². The predicted octanol–water partition coefficient (Wildman–Crippen LogP) is 4.31. The number of carbonyl (C=O) groups excluding carboxylic acids is 1. The Morgan fingerprint density at radius 1 is 1.02 bits per heavy atom. The molecule has 2 aromatic rings. The van der Waals surface area contributed by atoms with Crippen LogP contribution in [0.5, 0.6) is 0 Å². The van der Waals surface area contributed by atoms with Crippen LogP contribution >= 0.6 is 0 Å². The number of amides is 1. The number of nitrogens with one attached hydrogen (secondary N) is 1. The van der Waals surface area contributed by atoms with Gasteiger partial charge in [-0.3, -0.25) is 9.59 Å². The van der Waals surface area contributed by atoms with Crippen molar-refractivity contribution in [3.8, 4) is 0 Å². The Morgan fingerprint density at radius 3 is 2.19 bits per heavy atom. The van der Waals surface area contributed by atoms with E-state index in [4.69, 9.17) is 4.74 Å². The van der Waals surface area contributed by atoms with Crippen molar-refractivity contribution >= 4 is 25.7 Å². The van der Waals surface area contributed by atoms with E-state index in [2.05, 4.69) is 40.0 Å². The molecular weight excluding hydrogens is 600 g/mol. The summed E-state index contributed by atoms with van der Waals surface area (Å²) in [6.45, 7) is 7.81. The van der Waals surface area contributed by atoms with Crippen LogP contribution in [-0.4, -0.2) is 78.0 Å². The highest BCUT2D eigenvalue weighted by Gasteiger charge is 2.45. The molecule has 2 aromatic heterocycles. The first-order chi connectivity index (χ1) is 20.0. The number of anilines is 2. The molecule has 0 bridgehead atoms. The number of ether oxygens (including phenoxy) is 1. The molecule has 238 valence electrons. The zero-order valence-electron chi connectivity index (χ0n) is 24.2. The van der Waals surface area contributed by atoms with Gasteiger partial charge in [-0.2, -0.15) is 26.3 Å². The maximum Gasteiger partial charge on any atom is 0.421 e. The standard InChI is InChI=1S/C26H35F6N7O3Si/c1-43(2,3)11-10-42-17-39-22(41)19(26(30,31)32)12-20(36-39)35-16-24(4-5-24)13-21(40)37-6-8-38(9-7-37)23-33-14-18(15-34-23)25(27,28)29/h12,14-15H,4-11,13,16-17H2,1-3H3,(H,35,36). The second kappa shape index (κ2) is 12.4. The van der Waals surface area contributed by atoms with E-state index in [0.29, 0.717) is 56.4 Å². The van der Waals surface area contributed by atoms with E-state index in [0.717, 1.165) is 18.4 Å². The van der Waals surface area contributed by atoms with Crippen LogP contribution in [0.3, 0.4) is 0 Å². The SMILES string of the molecule is C[Si](C)(C)CCOCn1nc(NCC2(CC(=O)N3CCN(c4ncc(C(F)(F)F)cn4)CC3)CC2)cc(C(F)(F)F)c1=O. The monoisotopic (exact) mass is 635 g/mol. The number of nitrogens with zero attached hydrogens (tertiary/aromatic N) is 6. The van der Waals surface area contributed by atoms with Gasteiger partial charge in [0.25, 0.3) is 5.56 Å². The van der Waals surface area contributed by atoms with Gasteiger partial charge < -0.3 is 19.9 Å². The number of halogens is 6. The number of aromatic nitrogens is 4. The van der Waals surface area contributed by atoms with Gasteiger partial charge in [-0.15, -0.1) is 5.10 Å². The molecule has 1 saturated carbocycles. The molecule has 2 aliphatic rings. The van der Waals surface area contributed by atoms with Crippen molar-refractivity contribution in [3.05, 3.63) is 39.9 Å². The molecule has 0 atom stereocenters. The maximum absolute atomic E-state index is 13.6. The summed E-state index contributed by atoms with van der Waals surface area (Å²) in [7, 11) is -1.44. The smallest absolute Gasteiger partial charge is 0.368 e. The summed E-state index contributed by atoms with van der Waals surface area (Å²) in [6, 6.07) is 1.46. The van der Waals surface area contributed by atoms with Gasteiger partial charge in [-0.1, -0.05) is 19.6 Å². The topological polar surface area (TPSA) is 105 Å². The Morgan fingerprint density at radius 2 is 1.65 bits per heavy atom. The number of alkyl halides is 6. The minimum absolute atomic E-state index is 0.128. The Hall–Kier alpha value is -3.21. The van der Waals surface area contributed by atoms with E-state index in [1.165, 1.54) is 0 Å².